The summed E-state index contributed by atoms with van der Waals surface area (Å²) in [6, 6.07) is 14.3. The van der Waals surface area contributed by atoms with Crippen LogP contribution in [0.25, 0.3) is 0 Å². The number of rotatable bonds is 23. The molecule has 1 spiro atoms. The molecule has 7 rings (SSSR count). The SMILES string of the molecule is CC#CC12CCC3C4CCC5=CC(=O)CCC5=C4C(c4ccc(N(C)CCCC(=O)NCCCOCCOCCOCCCNc5cccc(C(C)=O)c5C(C)=O)cc4)CC31O2. The van der Waals surface area contributed by atoms with E-state index < -0.39 is 0 Å². The van der Waals surface area contributed by atoms with Crippen LogP contribution < -0.4 is 15.5 Å². The molecule has 5 aliphatic rings. The molecule has 5 atom stereocenters. The lowest BCUT2D eigenvalue weighted by Crippen LogP contribution is -2.42. The Hall–Kier alpha value is -4.60. The van der Waals surface area contributed by atoms with Crippen molar-refractivity contribution in [3.05, 3.63) is 82.0 Å². The number of hydrogen-bond acceptors (Lipinski definition) is 10. The molecule has 1 saturated heterocycles. The molecule has 1 amide bonds. The van der Waals surface area contributed by atoms with Crippen LogP contribution >= 0.6 is 0 Å². The lowest BCUT2D eigenvalue weighted by atomic mass is 9.57. The number of Topliss-reactive ketones (excluding diaryl/α,β-unsaturated/α-hetero) is 2. The molecule has 62 heavy (non-hydrogen) atoms. The topological polar surface area (TPSA) is 136 Å². The minimum absolute atomic E-state index is 0.0540. The summed E-state index contributed by atoms with van der Waals surface area (Å²) in [6.07, 6.45) is 11.3. The fraction of sp³-hybridized carbons (Fsp3) is 0.569. The zero-order valence-electron chi connectivity index (χ0n) is 37.2. The average Bonchev–Trinajstić information content (AvgIpc) is 3.76. The number of epoxide rings is 1. The number of anilines is 2. The van der Waals surface area contributed by atoms with Gasteiger partial charge in [-0.15, -0.1) is 5.92 Å². The van der Waals surface area contributed by atoms with Crippen molar-refractivity contribution in [2.24, 2.45) is 11.8 Å². The number of amides is 1. The molecule has 0 bridgehead atoms. The van der Waals surface area contributed by atoms with Gasteiger partial charge in [-0.25, -0.2) is 0 Å². The van der Waals surface area contributed by atoms with Gasteiger partial charge in [-0.1, -0.05) is 35.8 Å². The van der Waals surface area contributed by atoms with Crippen LogP contribution in [0, 0.1) is 23.7 Å². The maximum atomic E-state index is 12.6. The van der Waals surface area contributed by atoms with Crippen LogP contribution in [-0.4, -0.2) is 101 Å². The largest absolute Gasteiger partial charge is 0.384 e. The van der Waals surface area contributed by atoms with Gasteiger partial charge in [-0.2, -0.15) is 0 Å². The molecule has 11 nitrogen and oxygen atoms in total. The zero-order chi connectivity index (χ0) is 43.7. The van der Waals surface area contributed by atoms with Crippen LogP contribution in [-0.2, 0) is 28.5 Å². The fourth-order valence-corrected chi connectivity index (χ4v) is 10.8. The van der Waals surface area contributed by atoms with Crippen molar-refractivity contribution < 1.29 is 38.1 Å². The van der Waals surface area contributed by atoms with Crippen molar-refractivity contribution in [3.8, 4) is 11.8 Å². The number of fused-ring (bicyclic) bond motifs is 3. The van der Waals surface area contributed by atoms with E-state index in [2.05, 4.69) is 58.7 Å². The Morgan fingerprint density at radius 3 is 2.31 bits per heavy atom. The van der Waals surface area contributed by atoms with Gasteiger partial charge in [0.05, 0.1) is 32.0 Å². The summed E-state index contributed by atoms with van der Waals surface area (Å²) in [6.45, 7) is 9.83. The molecule has 11 heteroatoms. The van der Waals surface area contributed by atoms with Crippen LogP contribution in [0.15, 0.2) is 65.3 Å². The number of ether oxygens (including phenoxy) is 4. The second kappa shape index (κ2) is 20.7. The smallest absolute Gasteiger partial charge is 0.220 e. The van der Waals surface area contributed by atoms with Gasteiger partial charge >= 0.3 is 0 Å². The predicted molar refractivity (Wildman–Crippen MR) is 241 cm³/mol. The maximum Gasteiger partial charge on any atom is 0.220 e. The van der Waals surface area contributed by atoms with Crippen molar-refractivity contribution in [2.75, 3.05) is 76.5 Å². The average molecular weight is 848 g/mol. The first kappa shape index (κ1) is 45.4. The molecule has 2 aromatic carbocycles. The standard InChI is InChI=1S/C51H65N3O8/c1-5-22-50-23-21-45-43-19-15-38-33-40(57)18-20-42(38)49(43)44(34-51(45,50)62-50)37-13-16-39(17-14-37)54(4)26-7-12-47(58)53-25-9-28-60-30-32-61-31-29-59-27-8-24-52-46-11-6-10-41(35(2)55)48(46)36(3)56/h6,10-11,13-14,16-17,33,43-45,52H,7-9,12,15,18-21,23-32,34H2,1-4H3,(H,53,58). The highest BCUT2D eigenvalue weighted by Gasteiger charge is 2.79. The molecule has 0 aromatic heterocycles. The molecule has 1 aliphatic heterocycles. The van der Waals surface area contributed by atoms with E-state index in [1.165, 1.54) is 37.0 Å². The highest BCUT2D eigenvalue weighted by Crippen LogP contribution is 2.73. The molecule has 5 unspecified atom stereocenters. The first-order valence-corrected chi connectivity index (χ1v) is 22.9. The van der Waals surface area contributed by atoms with E-state index >= 15 is 0 Å². The van der Waals surface area contributed by atoms with Crippen molar-refractivity contribution in [2.45, 2.75) is 109 Å². The van der Waals surface area contributed by atoms with Crippen LogP contribution in [0.4, 0.5) is 11.4 Å². The van der Waals surface area contributed by atoms with Crippen LogP contribution in [0.2, 0.25) is 0 Å². The molecule has 0 radical (unpaired) electrons. The van der Waals surface area contributed by atoms with Gasteiger partial charge in [0.15, 0.2) is 23.0 Å². The molecule has 332 valence electrons. The van der Waals surface area contributed by atoms with E-state index in [0.29, 0.717) is 94.2 Å². The summed E-state index contributed by atoms with van der Waals surface area (Å²) in [7, 11) is 2.09. The Bertz CT molecular complexity index is 2100. The number of carbonyl (C=O) groups is 4. The molecule has 2 N–H and O–H groups in total. The number of allylic oxidation sites excluding steroid dienone is 4. The van der Waals surface area contributed by atoms with E-state index in [1.807, 2.05) is 19.1 Å². The highest BCUT2D eigenvalue weighted by atomic mass is 16.6. The van der Waals surface area contributed by atoms with Crippen molar-refractivity contribution in [3.63, 3.8) is 0 Å². The summed E-state index contributed by atoms with van der Waals surface area (Å²) in [5.74, 6) is 8.00. The summed E-state index contributed by atoms with van der Waals surface area (Å²) < 4.78 is 23.6. The number of benzene rings is 2. The van der Waals surface area contributed by atoms with Gasteiger partial charge in [0.1, 0.15) is 5.60 Å². The molecule has 2 saturated carbocycles. The maximum absolute atomic E-state index is 12.6. The Morgan fingerprint density at radius 1 is 0.871 bits per heavy atom. The second-order valence-electron chi connectivity index (χ2n) is 17.6. The van der Waals surface area contributed by atoms with E-state index in [0.717, 1.165) is 63.6 Å². The lowest BCUT2D eigenvalue weighted by Gasteiger charge is -2.46. The Morgan fingerprint density at radius 2 is 1.60 bits per heavy atom. The van der Waals surface area contributed by atoms with E-state index in [9.17, 15) is 19.2 Å². The first-order chi connectivity index (χ1) is 30.1. The number of nitrogens with zero attached hydrogens (tertiary/aromatic N) is 1. The summed E-state index contributed by atoms with van der Waals surface area (Å²) in [4.78, 5) is 51.2. The van der Waals surface area contributed by atoms with E-state index in [4.69, 9.17) is 18.9 Å². The van der Waals surface area contributed by atoms with E-state index in [-0.39, 0.29) is 40.4 Å². The Balaban J connectivity index is 0.745. The van der Waals surface area contributed by atoms with Gasteiger partial charge < -0.3 is 34.5 Å². The molecular formula is C51H65N3O8. The number of hydrogen-bond donors (Lipinski definition) is 2. The fourth-order valence-electron chi connectivity index (χ4n) is 10.8. The van der Waals surface area contributed by atoms with Gasteiger partial charge in [-0.3, -0.25) is 19.2 Å². The minimum Gasteiger partial charge on any atom is -0.384 e. The van der Waals surface area contributed by atoms with Crippen LogP contribution in [0.3, 0.4) is 0 Å². The predicted octanol–water partition coefficient (Wildman–Crippen LogP) is 7.79. The first-order valence-electron chi connectivity index (χ1n) is 22.9. The minimum atomic E-state index is -0.283. The Labute approximate surface area is 367 Å². The molecule has 1 heterocycles. The zero-order valence-corrected chi connectivity index (χ0v) is 37.2. The normalized spacial score (nSPS) is 24.4. The summed E-state index contributed by atoms with van der Waals surface area (Å²) >= 11 is 0. The number of nitrogens with one attached hydrogen (secondary N) is 2. The van der Waals surface area contributed by atoms with E-state index in [1.54, 1.807) is 17.7 Å². The quantitative estimate of drug-likeness (QED) is 0.0494. The van der Waals surface area contributed by atoms with Gasteiger partial charge in [0.2, 0.25) is 5.91 Å². The summed E-state index contributed by atoms with van der Waals surface area (Å²) in [5, 5.41) is 6.26. The number of ketones is 3. The van der Waals surface area contributed by atoms with Gasteiger partial charge in [-0.05, 0) is 131 Å². The highest BCUT2D eigenvalue weighted by molar-refractivity contribution is 6.10. The molecular weight excluding hydrogens is 783 g/mol. The van der Waals surface area contributed by atoms with Crippen LogP contribution in [0.1, 0.15) is 124 Å². The van der Waals surface area contributed by atoms with Gasteiger partial charge in [0.25, 0.3) is 0 Å². The third-order valence-electron chi connectivity index (χ3n) is 13.7. The van der Waals surface area contributed by atoms with Gasteiger partial charge in [0, 0.05) is 75.6 Å². The van der Waals surface area contributed by atoms with Crippen molar-refractivity contribution >= 4 is 34.6 Å². The van der Waals surface area contributed by atoms with Crippen molar-refractivity contribution in [1.29, 1.82) is 0 Å². The van der Waals surface area contributed by atoms with Crippen molar-refractivity contribution in [1.82, 2.24) is 5.32 Å². The second-order valence-corrected chi connectivity index (χ2v) is 17.6. The third-order valence-corrected chi connectivity index (χ3v) is 13.7. The lowest BCUT2D eigenvalue weighted by molar-refractivity contribution is -0.121. The third kappa shape index (κ3) is 10.1. The van der Waals surface area contributed by atoms with Crippen LogP contribution in [0.5, 0.6) is 0 Å². The molecule has 2 aromatic rings. The monoisotopic (exact) mass is 847 g/mol. The summed E-state index contributed by atoms with van der Waals surface area (Å²) in [5.41, 5.74) is 7.87. The molecule has 4 aliphatic carbocycles. The number of carbonyl (C=O) groups excluding carboxylic acids is 4. The molecule has 3 fully saturated rings. The Kier molecular flexibility index (Phi) is 15.2.